The van der Waals surface area contributed by atoms with E-state index < -0.39 is 0 Å². The van der Waals surface area contributed by atoms with Gasteiger partial charge in [0.15, 0.2) is 0 Å². The van der Waals surface area contributed by atoms with Crippen LogP contribution in [0.5, 0.6) is 17.4 Å². The fraction of sp³-hybridized carbons (Fsp3) is 0.263. The maximum Gasteiger partial charge on any atom is 0.224 e. The van der Waals surface area contributed by atoms with Crippen LogP contribution < -0.4 is 14.2 Å². The Morgan fingerprint density at radius 1 is 0.833 bits per heavy atom. The quantitative estimate of drug-likeness (QED) is 0.589. The van der Waals surface area contributed by atoms with Gasteiger partial charge in [-0.15, -0.1) is 0 Å². The van der Waals surface area contributed by atoms with E-state index >= 15 is 0 Å². The maximum absolute atomic E-state index is 5.78. The van der Waals surface area contributed by atoms with Crippen molar-refractivity contribution in [2.45, 2.75) is 12.8 Å². The number of methoxy groups -OCH3 is 1. The number of fused-ring (bicyclic) bond motifs is 1. The summed E-state index contributed by atoms with van der Waals surface area (Å²) in [4.78, 5) is 8.44. The van der Waals surface area contributed by atoms with E-state index in [2.05, 4.69) is 9.97 Å². The number of benzene rings is 2. The first kappa shape index (κ1) is 16.1. The predicted molar refractivity (Wildman–Crippen MR) is 92.8 cm³/mol. The summed E-state index contributed by atoms with van der Waals surface area (Å²) in [6.07, 6.45) is 3.33. The highest BCUT2D eigenvalue weighted by atomic mass is 16.5. The molecule has 0 amide bonds. The van der Waals surface area contributed by atoms with Crippen molar-refractivity contribution in [3.63, 3.8) is 0 Å². The van der Waals surface area contributed by atoms with E-state index in [1.165, 1.54) is 6.33 Å². The van der Waals surface area contributed by atoms with Crippen molar-refractivity contribution in [2.75, 3.05) is 20.3 Å². The maximum atomic E-state index is 5.78. The molecule has 0 unspecified atom stereocenters. The second-order valence-electron chi connectivity index (χ2n) is 5.28. The zero-order valence-electron chi connectivity index (χ0n) is 13.6. The molecular weight excluding hydrogens is 304 g/mol. The zero-order chi connectivity index (χ0) is 16.6. The summed E-state index contributed by atoms with van der Waals surface area (Å²) in [6.45, 7) is 1.24. The largest absolute Gasteiger partial charge is 0.497 e. The first-order valence-electron chi connectivity index (χ1n) is 7.96. The van der Waals surface area contributed by atoms with Crippen LogP contribution in [0.25, 0.3) is 10.9 Å². The van der Waals surface area contributed by atoms with Crippen molar-refractivity contribution >= 4 is 10.9 Å². The third-order valence-electron chi connectivity index (χ3n) is 3.59. The van der Waals surface area contributed by atoms with Crippen molar-refractivity contribution in [3.8, 4) is 17.4 Å². The van der Waals surface area contributed by atoms with Crippen LogP contribution in [0.3, 0.4) is 0 Å². The van der Waals surface area contributed by atoms with E-state index in [4.69, 9.17) is 14.2 Å². The molecule has 3 rings (SSSR count). The van der Waals surface area contributed by atoms with Gasteiger partial charge < -0.3 is 14.2 Å². The average Bonchev–Trinajstić information content (AvgIpc) is 2.65. The average molecular weight is 324 g/mol. The normalized spacial score (nSPS) is 10.5. The van der Waals surface area contributed by atoms with Gasteiger partial charge in [0.05, 0.1) is 31.2 Å². The van der Waals surface area contributed by atoms with Crippen molar-refractivity contribution in [1.82, 2.24) is 9.97 Å². The monoisotopic (exact) mass is 324 g/mol. The van der Waals surface area contributed by atoms with Crippen LogP contribution >= 0.6 is 0 Å². The molecule has 0 bridgehead atoms. The lowest BCUT2D eigenvalue weighted by Crippen LogP contribution is -2.04. The number of unbranched alkanes of at least 4 members (excludes halogenated alkanes) is 1. The highest BCUT2D eigenvalue weighted by molar-refractivity contribution is 5.82. The van der Waals surface area contributed by atoms with Gasteiger partial charge in [-0.3, -0.25) is 0 Å². The second-order valence-corrected chi connectivity index (χ2v) is 5.28. The minimum absolute atomic E-state index is 0.600. The van der Waals surface area contributed by atoms with Gasteiger partial charge in [0.25, 0.3) is 0 Å². The molecule has 1 aromatic heterocycles. The molecule has 0 saturated carbocycles. The SMILES string of the molecule is COc1cccc(OCCCCOc2ncnc3ccccc23)c1. The summed E-state index contributed by atoms with van der Waals surface area (Å²) in [7, 11) is 1.65. The molecule has 24 heavy (non-hydrogen) atoms. The Bertz CT molecular complexity index is 787. The molecule has 1 heterocycles. The Morgan fingerprint density at radius 2 is 1.62 bits per heavy atom. The Hall–Kier alpha value is -2.82. The van der Waals surface area contributed by atoms with Gasteiger partial charge in [0.2, 0.25) is 5.88 Å². The lowest BCUT2D eigenvalue weighted by molar-refractivity contribution is 0.262. The molecule has 124 valence electrons. The molecule has 0 fully saturated rings. The van der Waals surface area contributed by atoms with Crippen LogP contribution in [0.2, 0.25) is 0 Å². The van der Waals surface area contributed by atoms with E-state index in [-0.39, 0.29) is 0 Å². The fourth-order valence-corrected chi connectivity index (χ4v) is 2.35. The lowest BCUT2D eigenvalue weighted by atomic mass is 10.2. The van der Waals surface area contributed by atoms with Gasteiger partial charge in [-0.2, -0.15) is 0 Å². The van der Waals surface area contributed by atoms with Crippen molar-refractivity contribution in [2.24, 2.45) is 0 Å². The van der Waals surface area contributed by atoms with Crippen molar-refractivity contribution in [3.05, 3.63) is 54.9 Å². The van der Waals surface area contributed by atoms with Crippen LogP contribution in [-0.2, 0) is 0 Å². The molecule has 0 spiro atoms. The van der Waals surface area contributed by atoms with Gasteiger partial charge >= 0.3 is 0 Å². The molecule has 0 aliphatic rings. The summed E-state index contributed by atoms with van der Waals surface area (Å²) < 4.78 is 16.7. The molecule has 2 aromatic carbocycles. The zero-order valence-corrected chi connectivity index (χ0v) is 13.6. The van der Waals surface area contributed by atoms with Crippen LogP contribution in [0.15, 0.2) is 54.9 Å². The number of rotatable bonds is 8. The Labute approximate surface area is 141 Å². The molecule has 0 aliphatic heterocycles. The molecule has 0 atom stereocenters. The smallest absolute Gasteiger partial charge is 0.224 e. The molecule has 3 aromatic rings. The van der Waals surface area contributed by atoms with Gasteiger partial charge in [-0.1, -0.05) is 18.2 Å². The first-order valence-corrected chi connectivity index (χ1v) is 7.96. The van der Waals surface area contributed by atoms with Gasteiger partial charge in [-0.05, 0) is 37.1 Å². The van der Waals surface area contributed by atoms with E-state index in [1.54, 1.807) is 7.11 Å². The first-order chi connectivity index (χ1) is 11.9. The Balaban J connectivity index is 1.42. The van der Waals surface area contributed by atoms with Crippen LogP contribution in [0.4, 0.5) is 0 Å². The number of para-hydroxylation sites is 1. The van der Waals surface area contributed by atoms with Crippen LogP contribution in [0, 0.1) is 0 Å². The van der Waals surface area contributed by atoms with E-state index in [0.29, 0.717) is 19.1 Å². The minimum atomic E-state index is 0.600. The van der Waals surface area contributed by atoms with E-state index in [1.807, 2.05) is 48.5 Å². The molecule has 5 nitrogen and oxygen atoms in total. The number of nitrogens with zero attached hydrogens (tertiary/aromatic N) is 2. The highest BCUT2D eigenvalue weighted by Gasteiger charge is 2.03. The Kier molecular flexibility index (Phi) is 5.45. The molecule has 0 aliphatic carbocycles. The van der Waals surface area contributed by atoms with Crippen LogP contribution in [0.1, 0.15) is 12.8 Å². The second kappa shape index (κ2) is 8.15. The summed E-state index contributed by atoms with van der Waals surface area (Å²) >= 11 is 0. The molecule has 0 radical (unpaired) electrons. The van der Waals surface area contributed by atoms with Gasteiger partial charge in [-0.25, -0.2) is 9.97 Å². The van der Waals surface area contributed by atoms with Crippen molar-refractivity contribution in [1.29, 1.82) is 0 Å². The van der Waals surface area contributed by atoms with E-state index in [9.17, 15) is 0 Å². The third-order valence-corrected chi connectivity index (χ3v) is 3.59. The summed E-state index contributed by atoms with van der Waals surface area (Å²) in [5.74, 6) is 2.25. The van der Waals surface area contributed by atoms with E-state index in [0.717, 1.165) is 35.2 Å². The minimum Gasteiger partial charge on any atom is -0.497 e. The van der Waals surface area contributed by atoms with Crippen molar-refractivity contribution < 1.29 is 14.2 Å². The van der Waals surface area contributed by atoms with Crippen LogP contribution in [-0.4, -0.2) is 30.3 Å². The summed E-state index contributed by atoms with van der Waals surface area (Å²) in [5, 5.41) is 0.938. The Morgan fingerprint density at radius 3 is 2.50 bits per heavy atom. The predicted octanol–water partition coefficient (Wildman–Crippen LogP) is 3.88. The number of hydrogen-bond acceptors (Lipinski definition) is 5. The highest BCUT2D eigenvalue weighted by Crippen LogP contribution is 2.21. The number of ether oxygens (including phenoxy) is 3. The molecule has 5 heteroatoms. The summed E-state index contributed by atoms with van der Waals surface area (Å²) in [6, 6.07) is 15.4. The van der Waals surface area contributed by atoms with Gasteiger partial charge in [0.1, 0.15) is 17.8 Å². The molecular formula is C19H20N2O3. The summed E-state index contributed by atoms with van der Waals surface area (Å²) in [5.41, 5.74) is 0.892. The fourth-order valence-electron chi connectivity index (χ4n) is 2.35. The molecule has 0 saturated heterocycles. The number of hydrogen-bond donors (Lipinski definition) is 0. The third kappa shape index (κ3) is 4.13. The van der Waals surface area contributed by atoms with Gasteiger partial charge in [0, 0.05) is 6.07 Å². The number of aromatic nitrogens is 2. The standard InChI is InChI=1S/C19H20N2O3/c1-22-15-7-6-8-16(13-15)23-11-4-5-12-24-19-17-9-2-3-10-18(17)20-14-21-19/h2-3,6-10,13-14H,4-5,11-12H2,1H3. The topological polar surface area (TPSA) is 53.5 Å². The molecule has 0 N–H and O–H groups in total. The lowest BCUT2D eigenvalue weighted by Gasteiger charge is -2.09.